The Balaban J connectivity index is 3.25. The lowest BCUT2D eigenvalue weighted by molar-refractivity contribution is 1.13. The number of aryl methyl sites for hydroxylation is 1. The summed E-state index contributed by atoms with van der Waals surface area (Å²) < 4.78 is 0. The van der Waals surface area contributed by atoms with Crippen LogP contribution >= 0.6 is 0 Å². The molecule has 0 bridgehead atoms. The van der Waals surface area contributed by atoms with Gasteiger partial charge >= 0.3 is 0 Å². The minimum Gasteiger partial charge on any atom is -0.0841 e. The predicted octanol–water partition coefficient (Wildman–Crippen LogP) is 4.62. The molecule has 0 radical (unpaired) electrons. The molecule has 15 heavy (non-hydrogen) atoms. The Labute approximate surface area is 93.3 Å². The van der Waals surface area contributed by atoms with E-state index in [1.165, 1.54) is 22.3 Å². The molecule has 0 saturated carbocycles. The zero-order valence-electron chi connectivity index (χ0n) is 10.2. The van der Waals surface area contributed by atoms with Gasteiger partial charge in [0.2, 0.25) is 0 Å². The molecule has 0 heteroatoms. The lowest BCUT2D eigenvalue weighted by atomic mass is 9.93. The predicted molar refractivity (Wildman–Crippen MR) is 68.9 cm³/mol. The van der Waals surface area contributed by atoms with E-state index in [-0.39, 0.29) is 0 Å². The van der Waals surface area contributed by atoms with Crippen molar-refractivity contribution in [2.75, 3.05) is 0 Å². The fourth-order valence-corrected chi connectivity index (χ4v) is 1.84. The highest BCUT2D eigenvalue weighted by atomic mass is 14.1. The Kier molecular flexibility index (Phi) is 4.36. The fraction of sp³-hybridized carbons (Fsp3) is 0.333. The second kappa shape index (κ2) is 5.55. The van der Waals surface area contributed by atoms with Crippen LogP contribution < -0.4 is 0 Å². The largest absolute Gasteiger partial charge is 0.0841 e. The molecule has 0 aliphatic carbocycles. The molecule has 0 amide bonds. The van der Waals surface area contributed by atoms with Crippen LogP contribution in [0.25, 0.3) is 5.57 Å². The normalized spacial score (nSPS) is 13.1. The molecular formula is C15H20. The molecular weight excluding hydrogens is 180 g/mol. The van der Waals surface area contributed by atoms with Crippen molar-refractivity contribution in [3.63, 3.8) is 0 Å². The van der Waals surface area contributed by atoms with Crippen LogP contribution in [0.5, 0.6) is 0 Å². The van der Waals surface area contributed by atoms with Crippen LogP contribution in [-0.2, 0) is 6.42 Å². The van der Waals surface area contributed by atoms with Crippen LogP contribution in [0, 0.1) is 0 Å². The summed E-state index contributed by atoms with van der Waals surface area (Å²) in [5, 5.41) is 0. The van der Waals surface area contributed by atoms with E-state index < -0.39 is 0 Å². The molecule has 0 aromatic heterocycles. The summed E-state index contributed by atoms with van der Waals surface area (Å²) in [5.74, 6) is 0. The molecule has 80 valence electrons. The summed E-state index contributed by atoms with van der Waals surface area (Å²) in [6.07, 6.45) is 5.45. The minimum absolute atomic E-state index is 1.09. The first-order valence-corrected chi connectivity index (χ1v) is 5.62. The van der Waals surface area contributed by atoms with Crippen molar-refractivity contribution in [2.45, 2.75) is 34.1 Å². The molecule has 1 aromatic rings. The standard InChI is InChI=1S/C15H20/c1-5-12(4)14(7-3)15-11-9-8-10-13(15)6-2/h5,7-11H,6H2,1-4H3/b12-5-,14-7+. The molecule has 0 heterocycles. The van der Waals surface area contributed by atoms with E-state index in [4.69, 9.17) is 0 Å². The average Bonchev–Trinajstić information content (AvgIpc) is 2.30. The van der Waals surface area contributed by atoms with E-state index in [9.17, 15) is 0 Å². The average molecular weight is 200 g/mol. The van der Waals surface area contributed by atoms with Crippen molar-refractivity contribution in [1.29, 1.82) is 0 Å². The van der Waals surface area contributed by atoms with E-state index >= 15 is 0 Å². The van der Waals surface area contributed by atoms with Gasteiger partial charge in [-0.25, -0.2) is 0 Å². The highest BCUT2D eigenvalue weighted by Gasteiger charge is 2.05. The molecule has 0 fully saturated rings. The molecule has 0 unspecified atom stereocenters. The van der Waals surface area contributed by atoms with Gasteiger partial charge in [0.25, 0.3) is 0 Å². The second-order valence-corrected chi connectivity index (χ2v) is 3.68. The van der Waals surface area contributed by atoms with Crippen molar-refractivity contribution >= 4 is 5.57 Å². The molecule has 0 aliphatic rings. The van der Waals surface area contributed by atoms with Crippen LogP contribution in [0.2, 0.25) is 0 Å². The lowest BCUT2D eigenvalue weighted by Gasteiger charge is -2.12. The molecule has 0 saturated heterocycles. The first-order chi connectivity index (χ1) is 7.24. The molecule has 0 nitrogen and oxygen atoms in total. The van der Waals surface area contributed by atoms with Crippen LogP contribution in [0.4, 0.5) is 0 Å². The topological polar surface area (TPSA) is 0 Å². The summed E-state index contributed by atoms with van der Waals surface area (Å²) >= 11 is 0. The van der Waals surface area contributed by atoms with Gasteiger partial charge in [-0.3, -0.25) is 0 Å². The number of hydrogen-bond acceptors (Lipinski definition) is 0. The first kappa shape index (κ1) is 11.8. The van der Waals surface area contributed by atoms with Gasteiger partial charge in [0, 0.05) is 0 Å². The Morgan fingerprint density at radius 3 is 2.33 bits per heavy atom. The van der Waals surface area contributed by atoms with Crippen molar-refractivity contribution in [3.05, 3.63) is 53.1 Å². The van der Waals surface area contributed by atoms with E-state index in [1.807, 2.05) is 0 Å². The number of rotatable bonds is 3. The third-order valence-electron chi connectivity index (χ3n) is 2.83. The SMILES string of the molecule is C/C=C(C)\C(=C/C)c1ccccc1CC. The summed E-state index contributed by atoms with van der Waals surface area (Å²) in [4.78, 5) is 0. The molecule has 0 aliphatic heterocycles. The van der Waals surface area contributed by atoms with E-state index in [2.05, 4.69) is 64.1 Å². The van der Waals surface area contributed by atoms with Gasteiger partial charge in [-0.2, -0.15) is 0 Å². The minimum atomic E-state index is 1.09. The summed E-state index contributed by atoms with van der Waals surface area (Å²) in [5.41, 5.74) is 5.50. The van der Waals surface area contributed by atoms with Gasteiger partial charge in [-0.15, -0.1) is 0 Å². The van der Waals surface area contributed by atoms with Crippen LogP contribution in [0.1, 0.15) is 38.8 Å². The maximum absolute atomic E-state index is 2.21. The second-order valence-electron chi connectivity index (χ2n) is 3.68. The Bertz CT molecular complexity index is 381. The Hall–Kier alpha value is -1.30. The van der Waals surface area contributed by atoms with Crippen molar-refractivity contribution in [1.82, 2.24) is 0 Å². The zero-order valence-corrected chi connectivity index (χ0v) is 10.2. The highest BCUT2D eigenvalue weighted by molar-refractivity contribution is 5.79. The van der Waals surface area contributed by atoms with Gasteiger partial charge < -0.3 is 0 Å². The van der Waals surface area contributed by atoms with Crippen LogP contribution in [-0.4, -0.2) is 0 Å². The maximum Gasteiger partial charge on any atom is -0.0153 e. The molecule has 0 atom stereocenters. The summed E-state index contributed by atoms with van der Waals surface area (Å²) in [6, 6.07) is 8.64. The monoisotopic (exact) mass is 200 g/mol. The molecule has 0 N–H and O–H groups in total. The Morgan fingerprint density at radius 1 is 1.13 bits per heavy atom. The summed E-state index contributed by atoms with van der Waals surface area (Å²) in [6.45, 7) is 8.57. The first-order valence-electron chi connectivity index (χ1n) is 5.62. The van der Waals surface area contributed by atoms with Gasteiger partial charge in [-0.05, 0) is 49.5 Å². The number of hydrogen-bond donors (Lipinski definition) is 0. The third kappa shape index (κ3) is 2.59. The fourth-order valence-electron chi connectivity index (χ4n) is 1.84. The van der Waals surface area contributed by atoms with Gasteiger partial charge in [0.15, 0.2) is 0 Å². The number of allylic oxidation sites excluding steroid dienone is 4. The Morgan fingerprint density at radius 2 is 1.80 bits per heavy atom. The molecule has 0 spiro atoms. The van der Waals surface area contributed by atoms with Crippen molar-refractivity contribution in [2.24, 2.45) is 0 Å². The smallest absolute Gasteiger partial charge is 0.0153 e. The molecule has 1 aromatic carbocycles. The maximum atomic E-state index is 2.21. The quantitative estimate of drug-likeness (QED) is 0.625. The third-order valence-corrected chi connectivity index (χ3v) is 2.83. The van der Waals surface area contributed by atoms with E-state index in [0.717, 1.165) is 6.42 Å². The lowest BCUT2D eigenvalue weighted by Crippen LogP contribution is -1.93. The van der Waals surface area contributed by atoms with Crippen LogP contribution in [0.3, 0.4) is 0 Å². The van der Waals surface area contributed by atoms with Gasteiger partial charge in [-0.1, -0.05) is 43.3 Å². The van der Waals surface area contributed by atoms with Gasteiger partial charge in [0.05, 0.1) is 0 Å². The number of benzene rings is 1. The van der Waals surface area contributed by atoms with Crippen molar-refractivity contribution in [3.8, 4) is 0 Å². The highest BCUT2D eigenvalue weighted by Crippen LogP contribution is 2.25. The van der Waals surface area contributed by atoms with Crippen molar-refractivity contribution < 1.29 is 0 Å². The zero-order chi connectivity index (χ0) is 11.3. The van der Waals surface area contributed by atoms with Gasteiger partial charge in [0.1, 0.15) is 0 Å². The van der Waals surface area contributed by atoms with E-state index in [1.54, 1.807) is 0 Å². The summed E-state index contributed by atoms with van der Waals surface area (Å²) in [7, 11) is 0. The van der Waals surface area contributed by atoms with Crippen LogP contribution in [0.15, 0.2) is 42.0 Å². The molecule has 1 rings (SSSR count). The van der Waals surface area contributed by atoms with E-state index in [0.29, 0.717) is 0 Å².